The summed E-state index contributed by atoms with van der Waals surface area (Å²) in [6.45, 7) is 4.19. The third kappa shape index (κ3) is 4.11. The second-order valence-corrected chi connectivity index (χ2v) is 7.44. The fourth-order valence-corrected chi connectivity index (χ4v) is 3.25. The Labute approximate surface area is 169 Å². The van der Waals surface area contributed by atoms with Crippen molar-refractivity contribution in [2.24, 2.45) is 0 Å². The van der Waals surface area contributed by atoms with Crippen LogP contribution in [0.5, 0.6) is 0 Å². The lowest BCUT2D eigenvalue weighted by molar-refractivity contribution is -0.117. The van der Waals surface area contributed by atoms with Gasteiger partial charge in [-0.25, -0.2) is 0 Å². The second kappa shape index (κ2) is 7.82. The highest BCUT2D eigenvalue weighted by Crippen LogP contribution is 2.23. The number of amides is 1. The lowest BCUT2D eigenvalue weighted by atomic mass is 10.2. The van der Waals surface area contributed by atoms with E-state index in [2.05, 4.69) is 31.4 Å². The van der Waals surface area contributed by atoms with Gasteiger partial charge in [0.25, 0.3) is 0 Å². The van der Waals surface area contributed by atoms with E-state index in [-0.39, 0.29) is 12.5 Å². The number of aryl methyl sites for hydroxylation is 1. The molecule has 0 saturated heterocycles. The normalized spacial score (nSPS) is 11.0. The van der Waals surface area contributed by atoms with E-state index in [9.17, 15) is 4.79 Å². The molecule has 0 bridgehead atoms. The van der Waals surface area contributed by atoms with E-state index in [1.165, 1.54) is 0 Å². The Balaban J connectivity index is 1.70. The van der Waals surface area contributed by atoms with Gasteiger partial charge in [0, 0.05) is 11.2 Å². The quantitative estimate of drug-likeness (QED) is 0.616. The number of rotatable bonds is 5. The average Bonchev–Trinajstić information content (AvgIpc) is 3.04. The molecule has 2 heterocycles. The summed E-state index contributed by atoms with van der Waals surface area (Å²) in [5, 5.41) is 12.7. The molecule has 0 saturated carbocycles. The maximum atomic E-state index is 12.3. The van der Waals surface area contributed by atoms with Crippen molar-refractivity contribution in [1.29, 1.82) is 0 Å². The number of hydrogen-bond acceptors (Lipinski definition) is 3. The molecular weight excluding hydrogens is 441 g/mol. The number of nitrogens with one attached hydrogen (secondary N) is 1. The summed E-state index contributed by atoms with van der Waals surface area (Å²) >= 11 is 15.7. The minimum absolute atomic E-state index is 0.0587. The number of nitrogens with zero attached hydrogens (tertiary/aromatic N) is 4. The second-order valence-electron chi connectivity index (χ2n) is 5.81. The Hall–Kier alpha value is -1.83. The third-order valence-corrected chi connectivity index (χ3v) is 5.35. The van der Waals surface area contributed by atoms with Gasteiger partial charge in [-0.2, -0.15) is 10.2 Å². The molecule has 1 N–H and O–H groups in total. The smallest absolute Gasteiger partial charge is 0.247 e. The third-order valence-electron chi connectivity index (χ3n) is 3.85. The standard InChI is InChI=1S/C17H16BrCl2N5O/c1-10-16(20)11(2)25(22-10)9-15(26)21-17-13(18)8-24(23-17)7-12-5-3-4-6-14(12)19/h3-6,8H,7,9H2,1-2H3,(H,21,23,26). The molecule has 136 valence electrons. The average molecular weight is 457 g/mol. The number of aromatic nitrogens is 4. The van der Waals surface area contributed by atoms with Gasteiger partial charge in [0.2, 0.25) is 5.91 Å². The van der Waals surface area contributed by atoms with Gasteiger partial charge in [-0.05, 0) is 41.4 Å². The van der Waals surface area contributed by atoms with Crippen LogP contribution in [0.1, 0.15) is 17.0 Å². The lowest BCUT2D eigenvalue weighted by Crippen LogP contribution is -2.21. The zero-order valence-electron chi connectivity index (χ0n) is 14.1. The Morgan fingerprint density at radius 3 is 2.62 bits per heavy atom. The predicted octanol–water partition coefficient (Wildman–Crippen LogP) is 4.45. The van der Waals surface area contributed by atoms with Crippen LogP contribution in [0.4, 0.5) is 5.82 Å². The summed E-state index contributed by atoms with van der Waals surface area (Å²) in [5.41, 5.74) is 2.39. The SMILES string of the molecule is Cc1nn(CC(=O)Nc2nn(Cc3ccccc3Cl)cc2Br)c(C)c1Cl. The highest BCUT2D eigenvalue weighted by Gasteiger charge is 2.15. The first-order valence-electron chi connectivity index (χ1n) is 7.81. The van der Waals surface area contributed by atoms with Gasteiger partial charge in [-0.3, -0.25) is 14.2 Å². The summed E-state index contributed by atoms with van der Waals surface area (Å²) in [6, 6.07) is 7.56. The van der Waals surface area contributed by atoms with Crippen LogP contribution in [0, 0.1) is 13.8 Å². The van der Waals surface area contributed by atoms with Crippen LogP contribution in [0.25, 0.3) is 0 Å². The van der Waals surface area contributed by atoms with Crippen molar-refractivity contribution in [2.75, 3.05) is 5.32 Å². The topological polar surface area (TPSA) is 64.7 Å². The molecule has 0 spiro atoms. The molecule has 2 aromatic heterocycles. The first-order chi connectivity index (χ1) is 12.3. The van der Waals surface area contributed by atoms with E-state index in [1.54, 1.807) is 22.5 Å². The van der Waals surface area contributed by atoms with Crippen LogP contribution in [-0.4, -0.2) is 25.5 Å². The van der Waals surface area contributed by atoms with Crippen LogP contribution in [0.3, 0.4) is 0 Å². The number of hydrogen-bond donors (Lipinski definition) is 1. The molecule has 0 fully saturated rings. The zero-order chi connectivity index (χ0) is 18.8. The van der Waals surface area contributed by atoms with Gasteiger partial charge in [-0.15, -0.1) is 0 Å². The monoisotopic (exact) mass is 455 g/mol. The fraction of sp³-hybridized carbons (Fsp3) is 0.235. The minimum atomic E-state index is -0.240. The largest absolute Gasteiger partial charge is 0.307 e. The van der Waals surface area contributed by atoms with Crippen LogP contribution in [0.15, 0.2) is 34.9 Å². The highest BCUT2D eigenvalue weighted by atomic mass is 79.9. The van der Waals surface area contributed by atoms with Crippen LogP contribution in [-0.2, 0) is 17.9 Å². The first-order valence-corrected chi connectivity index (χ1v) is 9.35. The van der Waals surface area contributed by atoms with Gasteiger partial charge in [0.05, 0.1) is 27.4 Å². The van der Waals surface area contributed by atoms with E-state index in [0.29, 0.717) is 32.6 Å². The van der Waals surface area contributed by atoms with E-state index >= 15 is 0 Å². The first kappa shape index (κ1) is 18.9. The fourth-order valence-electron chi connectivity index (χ4n) is 2.50. The van der Waals surface area contributed by atoms with Gasteiger partial charge < -0.3 is 5.32 Å². The summed E-state index contributed by atoms with van der Waals surface area (Å²) in [5.74, 6) is 0.200. The van der Waals surface area contributed by atoms with Crippen molar-refractivity contribution in [3.05, 3.63) is 61.9 Å². The Morgan fingerprint density at radius 2 is 1.96 bits per heavy atom. The zero-order valence-corrected chi connectivity index (χ0v) is 17.2. The molecule has 0 aliphatic rings. The molecule has 0 unspecified atom stereocenters. The molecule has 3 rings (SSSR count). The summed E-state index contributed by atoms with van der Waals surface area (Å²) in [7, 11) is 0. The van der Waals surface area contributed by atoms with Gasteiger partial charge in [-0.1, -0.05) is 41.4 Å². The summed E-state index contributed by atoms with van der Waals surface area (Å²) < 4.78 is 3.97. The number of halogens is 3. The number of carbonyl (C=O) groups is 1. The van der Waals surface area contributed by atoms with Crippen molar-refractivity contribution in [3.63, 3.8) is 0 Å². The Kier molecular flexibility index (Phi) is 5.70. The molecule has 0 radical (unpaired) electrons. The summed E-state index contributed by atoms with van der Waals surface area (Å²) in [4.78, 5) is 12.3. The number of benzene rings is 1. The minimum Gasteiger partial charge on any atom is -0.307 e. The van der Waals surface area contributed by atoms with Crippen molar-refractivity contribution in [1.82, 2.24) is 19.6 Å². The van der Waals surface area contributed by atoms with E-state index in [4.69, 9.17) is 23.2 Å². The van der Waals surface area contributed by atoms with Crippen LogP contribution in [0.2, 0.25) is 10.0 Å². The van der Waals surface area contributed by atoms with Crippen molar-refractivity contribution >= 4 is 50.9 Å². The number of carbonyl (C=O) groups excluding carboxylic acids is 1. The van der Waals surface area contributed by atoms with Crippen LogP contribution >= 0.6 is 39.1 Å². The van der Waals surface area contributed by atoms with Crippen LogP contribution < -0.4 is 5.32 Å². The molecule has 26 heavy (non-hydrogen) atoms. The highest BCUT2D eigenvalue weighted by molar-refractivity contribution is 9.10. The maximum Gasteiger partial charge on any atom is 0.247 e. The van der Waals surface area contributed by atoms with Crippen molar-refractivity contribution in [3.8, 4) is 0 Å². The predicted molar refractivity (Wildman–Crippen MR) is 106 cm³/mol. The summed E-state index contributed by atoms with van der Waals surface area (Å²) in [6.07, 6.45) is 1.79. The molecule has 0 aliphatic carbocycles. The molecule has 0 aliphatic heterocycles. The van der Waals surface area contributed by atoms with E-state index in [1.807, 2.05) is 31.2 Å². The molecule has 1 aromatic carbocycles. The molecular formula is C17H16BrCl2N5O. The molecule has 3 aromatic rings. The Bertz CT molecular complexity index is 966. The molecule has 6 nitrogen and oxygen atoms in total. The van der Waals surface area contributed by atoms with Gasteiger partial charge >= 0.3 is 0 Å². The molecule has 9 heteroatoms. The van der Waals surface area contributed by atoms with Crippen molar-refractivity contribution in [2.45, 2.75) is 26.9 Å². The lowest BCUT2D eigenvalue weighted by Gasteiger charge is -2.06. The Morgan fingerprint density at radius 1 is 1.23 bits per heavy atom. The van der Waals surface area contributed by atoms with Gasteiger partial charge in [0.1, 0.15) is 6.54 Å². The van der Waals surface area contributed by atoms with E-state index in [0.717, 1.165) is 11.3 Å². The maximum absolute atomic E-state index is 12.3. The molecule has 0 atom stereocenters. The van der Waals surface area contributed by atoms with E-state index < -0.39 is 0 Å². The van der Waals surface area contributed by atoms with Crippen molar-refractivity contribution < 1.29 is 4.79 Å². The molecule has 1 amide bonds. The van der Waals surface area contributed by atoms with Gasteiger partial charge in [0.15, 0.2) is 5.82 Å². The number of anilines is 1.